The number of aliphatic hydroxyl groups is 1. The van der Waals surface area contributed by atoms with Crippen LogP contribution in [0.5, 0.6) is 0 Å². The van der Waals surface area contributed by atoms with Gasteiger partial charge in [-0.05, 0) is 34.4 Å². The lowest BCUT2D eigenvalue weighted by atomic mass is 9.93. The Bertz CT molecular complexity index is 1260. The largest absolute Gasteiger partial charge is 0.478 e. The maximum absolute atomic E-state index is 11.9. The van der Waals surface area contributed by atoms with Gasteiger partial charge in [0.05, 0.1) is 17.9 Å². The number of fused-ring (bicyclic) bond motifs is 1. The van der Waals surface area contributed by atoms with Gasteiger partial charge in [-0.15, -0.1) is 0 Å². The molecule has 0 bridgehead atoms. The van der Waals surface area contributed by atoms with Gasteiger partial charge in [-0.3, -0.25) is 0 Å². The van der Waals surface area contributed by atoms with Crippen LogP contribution in [-0.4, -0.2) is 25.7 Å². The highest BCUT2D eigenvalue weighted by atomic mass is 35.5. The van der Waals surface area contributed by atoms with Crippen LogP contribution in [0.2, 0.25) is 5.15 Å². The van der Waals surface area contributed by atoms with Crippen molar-refractivity contribution in [1.29, 1.82) is 0 Å². The molecule has 0 fully saturated rings. The summed E-state index contributed by atoms with van der Waals surface area (Å²) >= 11 is 6.26. The monoisotopic (exact) mass is 448 g/mol. The van der Waals surface area contributed by atoms with Crippen LogP contribution in [-0.2, 0) is 19.6 Å². The molecule has 32 heavy (non-hydrogen) atoms. The highest BCUT2D eigenvalue weighted by Gasteiger charge is 2.17. The number of aryl methyl sites for hydroxylation is 1. The van der Waals surface area contributed by atoms with Crippen molar-refractivity contribution in [2.24, 2.45) is 0 Å². The van der Waals surface area contributed by atoms with Crippen molar-refractivity contribution in [2.75, 3.05) is 0 Å². The second-order valence-electron chi connectivity index (χ2n) is 7.82. The molecule has 0 saturated heterocycles. The lowest BCUT2D eigenvalue weighted by molar-refractivity contribution is 0.0698. The number of carboxylic acid groups (broad SMARTS) is 1. The van der Waals surface area contributed by atoms with Gasteiger partial charge >= 0.3 is 5.97 Å². The minimum Gasteiger partial charge on any atom is -0.478 e. The third kappa shape index (κ3) is 4.27. The van der Waals surface area contributed by atoms with Crippen molar-refractivity contribution < 1.29 is 15.0 Å². The van der Waals surface area contributed by atoms with Crippen molar-refractivity contribution >= 4 is 28.3 Å². The quantitative estimate of drug-likeness (QED) is 0.350. The number of carbonyl (C=O) groups is 1. The van der Waals surface area contributed by atoms with Crippen molar-refractivity contribution in [3.05, 3.63) is 88.5 Å². The van der Waals surface area contributed by atoms with Crippen LogP contribution in [0.3, 0.4) is 0 Å². The minimum absolute atomic E-state index is 0.173. The topological polar surface area (TPSA) is 75.4 Å². The number of carboxylic acids is 1. The number of aromatic carboxylic acids is 1. The summed E-state index contributed by atoms with van der Waals surface area (Å²) in [6, 6.07) is 19.2. The molecule has 4 rings (SSSR count). The predicted octanol–water partition coefficient (Wildman–Crippen LogP) is 5.94. The number of unbranched alkanes of at least 4 members (excludes halogenated alkanes) is 1. The van der Waals surface area contributed by atoms with Gasteiger partial charge in [0.25, 0.3) is 0 Å². The van der Waals surface area contributed by atoms with Crippen molar-refractivity contribution in [2.45, 2.75) is 39.3 Å². The molecule has 3 aromatic carbocycles. The lowest BCUT2D eigenvalue weighted by Gasteiger charge is -2.14. The Kier molecular flexibility index (Phi) is 6.58. The zero-order valence-electron chi connectivity index (χ0n) is 17.9. The summed E-state index contributed by atoms with van der Waals surface area (Å²) in [7, 11) is 0. The van der Waals surface area contributed by atoms with E-state index in [4.69, 9.17) is 11.6 Å². The molecule has 0 spiro atoms. The molecular weight excluding hydrogens is 424 g/mol. The molecular formula is C26H25ClN2O3. The Labute approximate surface area is 191 Å². The highest BCUT2D eigenvalue weighted by molar-refractivity contribution is 6.30. The maximum Gasteiger partial charge on any atom is 0.336 e. The molecule has 6 heteroatoms. The van der Waals surface area contributed by atoms with Gasteiger partial charge in [-0.2, -0.15) is 0 Å². The molecule has 1 heterocycles. The van der Waals surface area contributed by atoms with Gasteiger partial charge < -0.3 is 14.8 Å². The first kappa shape index (κ1) is 22.1. The molecule has 0 atom stereocenters. The Morgan fingerprint density at radius 1 is 1.06 bits per heavy atom. The number of halogens is 1. The number of imidazole rings is 1. The van der Waals surface area contributed by atoms with Crippen molar-refractivity contribution in [3.63, 3.8) is 0 Å². The summed E-state index contributed by atoms with van der Waals surface area (Å²) in [6.07, 6.45) is 2.84. The van der Waals surface area contributed by atoms with E-state index >= 15 is 0 Å². The standard InChI is InChI=1S/C26H25ClN2O3/c1-2-3-8-23-28-25(27)22(16-30)29(23)15-17-9-11-19(12-10-17)24-20-7-5-4-6-18(20)13-14-21(24)26(31)32/h4-7,9-14,30H,2-3,8,15-16H2,1H3,(H,31,32). The van der Waals surface area contributed by atoms with E-state index in [-0.39, 0.29) is 12.2 Å². The Morgan fingerprint density at radius 2 is 1.81 bits per heavy atom. The minimum atomic E-state index is -0.948. The Balaban J connectivity index is 1.72. The zero-order valence-corrected chi connectivity index (χ0v) is 18.6. The SMILES string of the molecule is CCCCc1nc(Cl)c(CO)n1Cc1ccc(-c2c(C(=O)O)ccc3ccccc23)cc1. The fourth-order valence-electron chi connectivity index (χ4n) is 4.09. The van der Waals surface area contributed by atoms with Gasteiger partial charge in [0.2, 0.25) is 0 Å². The summed E-state index contributed by atoms with van der Waals surface area (Å²) in [6.45, 7) is 2.49. The highest BCUT2D eigenvalue weighted by Crippen LogP contribution is 2.33. The van der Waals surface area contributed by atoms with Gasteiger partial charge in [0.15, 0.2) is 5.15 Å². The zero-order chi connectivity index (χ0) is 22.7. The molecule has 4 aromatic rings. The van der Waals surface area contributed by atoms with Crippen molar-refractivity contribution in [1.82, 2.24) is 9.55 Å². The van der Waals surface area contributed by atoms with Crippen LogP contribution in [0.4, 0.5) is 0 Å². The van der Waals surface area contributed by atoms with Crippen LogP contribution >= 0.6 is 11.6 Å². The van der Waals surface area contributed by atoms with Gasteiger partial charge in [-0.25, -0.2) is 9.78 Å². The number of benzene rings is 3. The summed E-state index contributed by atoms with van der Waals surface area (Å²) in [5.41, 5.74) is 3.48. The number of aromatic nitrogens is 2. The van der Waals surface area contributed by atoms with E-state index in [1.807, 2.05) is 59.2 Å². The number of hydrogen-bond donors (Lipinski definition) is 2. The molecule has 0 aliphatic heterocycles. The van der Waals surface area contributed by atoms with E-state index in [1.54, 1.807) is 6.07 Å². The fraction of sp³-hybridized carbons (Fsp3) is 0.231. The third-order valence-corrected chi connectivity index (χ3v) is 6.05. The molecule has 164 valence electrons. The molecule has 0 amide bonds. The second kappa shape index (κ2) is 9.55. The first-order valence-electron chi connectivity index (χ1n) is 10.7. The van der Waals surface area contributed by atoms with Gasteiger partial charge in [0.1, 0.15) is 5.82 Å². The molecule has 0 unspecified atom stereocenters. The molecule has 0 aliphatic rings. The van der Waals surface area contributed by atoms with Crippen LogP contribution < -0.4 is 0 Å². The lowest BCUT2D eigenvalue weighted by Crippen LogP contribution is -2.09. The van der Waals surface area contributed by atoms with E-state index in [0.717, 1.165) is 47.0 Å². The fourth-order valence-corrected chi connectivity index (χ4v) is 4.35. The Morgan fingerprint density at radius 3 is 2.50 bits per heavy atom. The molecule has 0 radical (unpaired) electrons. The predicted molar refractivity (Wildman–Crippen MR) is 127 cm³/mol. The molecule has 0 saturated carbocycles. The smallest absolute Gasteiger partial charge is 0.336 e. The van der Waals surface area contributed by atoms with E-state index < -0.39 is 5.97 Å². The average molecular weight is 449 g/mol. The summed E-state index contributed by atoms with van der Waals surface area (Å²) in [5, 5.41) is 21.8. The maximum atomic E-state index is 11.9. The van der Waals surface area contributed by atoms with Crippen LogP contribution in [0.1, 0.15) is 47.2 Å². The summed E-state index contributed by atoms with van der Waals surface area (Å²) in [4.78, 5) is 16.3. The summed E-state index contributed by atoms with van der Waals surface area (Å²) < 4.78 is 1.98. The van der Waals surface area contributed by atoms with E-state index in [2.05, 4.69) is 11.9 Å². The molecule has 1 aromatic heterocycles. The number of nitrogens with zero attached hydrogens (tertiary/aromatic N) is 2. The Hall–Kier alpha value is -3.15. The van der Waals surface area contributed by atoms with Crippen LogP contribution in [0.15, 0.2) is 60.7 Å². The van der Waals surface area contributed by atoms with E-state index in [1.165, 1.54) is 0 Å². The normalized spacial score (nSPS) is 11.2. The van der Waals surface area contributed by atoms with Crippen LogP contribution in [0.25, 0.3) is 21.9 Å². The molecule has 0 aliphatic carbocycles. The molecule has 5 nitrogen and oxygen atoms in total. The van der Waals surface area contributed by atoms with E-state index in [0.29, 0.717) is 23.0 Å². The summed E-state index contributed by atoms with van der Waals surface area (Å²) in [5.74, 6) is -0.0803. The van der Waals surface area contributed by atoms with Gasteiger partial charge in [-0.1, -0.05) is 79.5 Å². The van der Waals surface area contributed by atoms with Crippen molar-refractivity contribution in [3.8, 4) is 11.1 Å². The van der Waals surface area contributed by atoms with E-state index in [9.17, 15) is 15.0 Å². The first-order chi connectivity index (χ1) is 15.5. The number of rotatable bonds is 8. The van der Waals surface area contributed by atoms with Gasteiger partial charge in [0, 0.05) is 18.5 Å². The number of hydrogen-bond acceptors (Lipinski definition) is 3. The molecule has 2 N–H and O–H groups in total. The average Bonchev–Trinajstić information content (AvgIpc) is 3.11. The second-order valence-corrected chi connectivity index (χ2v) is 8.18. The third-order valence-electron chi connectivity index (χ3n) is 5.75. The number of aliphatic hydroxyl groups excluding tert-OH is 1. The first-order valence-corrected chi connectivity index (χ1v) is 11.1. The van der Waals surface area contributed by atoms with Crippen LogP contribution in [0, 0.1) is 0 Å².